The standard InChI is InChI=1S/C26H28N4O/c1-4-5-18-12-21(16-28-15-18)19-6-7-20-14-25(10-8-22(31-3)9-11-25)26(23(20)13-19)29-17(2)24(27)30-26/h6-7,12-13,15-16,22H,8-11,14H2,1-3H3,(H2,27,30)/i3D3. The Kier molecular flexibility index (Phi) is 3.94. The highest BCUT2D eigenvalue weighted by Crippen LogP contribution is 2.62. The van der Waals surface area contributed by atoms with E-state index in [-0.39, 0.29) is 11.5 Å². The van der Waals surface area contributed by atoms with Crippen molar-refractivity contribution in [3.05, 3.63) is 53.3 Å². The fourth-order valence-electron chi connectivity index (χ4n) is 5.54. The molecule has 1 fully saturated rings. The van der Waals surface area contributed by atoms with Crippen LogP contribution in [-0.2, 0) is 16.8 Å². The van der Waals surface area contributed by atoms with E-state index in [1.165, 1.54) is 5.56 Å². The molecule has 0 radical (unpaired) electrons. The fraction of sp³-hybridized carbons (Fsp3) is 0.423. The number of fused-ring (bicyclic) bond motifs is 3. The molecular formula is C26H28N4O. The summed E-state index contributed by atoms with van der Waals surface area (Å²) in [4.78, 5) is 14.5. The highest BCUT2D eigenvalue weighted by atomic mass is 16.5. The van der Waals surface area contributed by atoms with Gasteiger partial charge in [-0.25, -0.2) is 4.99 Å². The molecule has 3 aliphatic rings. The lowest BCUT2D eigenvalue weighted by molar-refractivity contribution is -0.000372. The van der Waals surface area contributed by atoms with Crippen molar-refractivity contribution >= 4 is 11.5 Å². The zero-order valence-electron chi connectivity index (χ0n) is 20.9. The normalized spacial score (nSPS) is 30.6. The van der Waals surface area contributed by atoms with Gasteiger partial charge in [-0.05, 0) is 69.2 Å². The van der Waals surface area contributed by atoms with Crippen LogP contribution in [0.5, 0.6) is 0 Å². The average molecular weight is 416 g/mol. The SMILES string of the molecule is [2H]C([2H])([2H])OC1CCC2(CC1)Cc1ccc(-c3cncc(C#CC)c3)cc1C21N=C(C)C(N)=N1. The Balaban J connectivity index is 1.55. The molecule has 5 nitrogen and oxygen atoms in total. The molecule has 1 aromatic heterocycles. The lowest BCUT2D eigenvalue weighted by Crippen LogP contribution is -2.43. The third kappa shape index (κ3) is 3.01. The molecule has 0 bridgehead atoms. The van der Waals surface area contributed by atoms with Crippen molar-refractivity contribution in [1.82, 2.24) is 4.98 Å². The number of nitrogens with two attached hydrogens (primary N) is 1. The van der Waals surface area contributed by atoms with E-state index in [1.807, 2.05) is 26.1 Å². The Morgan fingerprint density at radius 1 is 1.16 bits per heavy atom. The van der Waals surface area contributed by atoms with Crippen LogP contribution >= 0.6 is 0 Å². The second kappa shape index (κ2) is 7.32. The van der Waals surface area contributed by atoms with Crippen LogP contribution in [0.2, 0.25) is 0 Å². The third-order valence-electron chi connectivity index (χ3n) is 7.13. The van der Waals surface area contributed by atoms with Gasteiger partial charge in [0.05, 0.1) is 15.9 Å². The number of amidine groups is 1. The zero-order chi connectivity index (χ0) is 24.1. The van der Waals surface area contributed by atoms with Crippen LogP contribution in [0.1, 0.15) is 60.3 Å². The summed E-state index contributed by atoms with van der Waals surface area (Å²) in [6.45, 7) is 3.72. The Morgan fingerprint density at radius 3 is 2.71 bits per heavy atom. The van der Waals surface area contributed by atoms with E-state index in [4.69, 9.17) is 24.6 Å². The van der Waals surface area contributed by atoms with Crippen LogP contribution in [0, 0.1) is 17.3 Å². The third-order valence-corrected chi connectivity index (χ3v) is 7.13. The molecule has 2 spiro atoms. The van der Waals surface area contributed by atoms with Crippen molar-refractivity contribution in [2.75, 3.05) is 7.04 Å². The van der Waals surface area contributed by atoms with Gasteiger partial charge < -0.3 is 10.5 Å². The van der Waals surface area contributed by atoms with Crippen molar-refractivity contribution in [3.63, 3.8) is 0 Å². The van der Waals surface area contributed by atoms with E-state index in [2.05, 4.69) is 35.0 Å². The average Bonchev–Trinajstić information content (AvgIpc) is 3.22. The monoisotopic (exact) mass is 415 g/mol. The van der Waals surface area contributed by atoms with E-state index in [0.29, 0.717) is 18.7 Å². The molecule has 1 unspecified atom stereocenters. The van der Waals surface area contributed by atoms with Gasteiger partial charge in [-0.2, -0.15) is 0 Å². The quantitative estimate of drug-likeness (QED) is 0.746. The first-order valence-corrected chi connectivity index (χ1v) is 10.8. The van der Waals surface area contributed by atoms with Gasteiger partial charge in [0.25, 0.3) is 0 Å². The predicted octanol–water partition coefficient (Wildman–Crippen LogP) is 4.24. The molecule has 1 atom stereocenters. The van der Waals surface area contributed by atoms with Gasteiger partial charge in [0.1, 0.15) is 5.84 Å². The minimum atomic E-state index is -2.38. The first kappa shape index (κ1) is 16.7. The fourth-order valence-corrected chi connectivity index (χ4v) is 5.54. The first-order valence-electron chi connectivity index (χ1n) is 12.3. The smallest absolute Gasteiger partial charge is 0.184 e. The Bertz CT molecular complexity index is 1240. The number of pyridine rings is 1. The molecule has 31 heavy (non-hydrogen) atoms. The van der Waals surface area contributed by atoms with Gasteiger partial charge in [-0.3, -0.25) is 9.98 Å². The van der Waals surface area contributed by atoms with E-state index < -0.39 is 12.7 Å². The van der Waals surface area contributed by atoms with Crippen molar-refractivity contribution in [1.29, 1.82) is 0 Å². The number of methoxy groups -OCH3 is 1. The van der Waals surface area contributed by atoms with Gasteiger partial charge in [0.15, 0.2) is 5.66 Å². The largest absolute Gasteiger partial charge is 0.382 e. The summed E-state index contributed by atoms with van der Waals surface area (Å²) in [7, 11) is -2.38. The summed E-state index contributed by atoms with van der Waals surface area (Å²) in [5.41, 5.74) is 11.2. The van der Waals surface area contributed by atoms with Gasteiger partial charge in [-0.1, -0.05) is 18.1 Å². The first-order chi connectivity index (χ1) is 16.1. The highest BCUT2D eigenvalue weighted by Gasteiger charge is 2.60. The maximum absolute atomic E-state index is 7.47. The second-order valence-electron chi connectivity index (χ2n) is 8.85. The molecule has 2 N–H and O–H groups in total. The number of nitrogens with zero attached hydrogens (tertiary/aromatic N) is 3. The molecule has 0 amide bonds. The zero-order valence-corrected chi connectivity index (χ0v) is 17.9. The molecule has 158 valence electrons. The van der Waals surface area contributed by atoms with Crippen LogP contribution < -0.4 is 5.73 Å². The van der Waals surface area contributed by atoms with E-state index >= 15 is 0 Å². The molecule has 1 aromatic carbocycles. The molecule has 2 heterocycles. The molecular weight excluding hydrogens is 384 g/mol. The van der Waals surface area contributed by atoms with Gasteiger partial charge in [0, 0.05) is 41.5 Å². The Labute approximate surface area is 188 Å². The Hall–Kier alpha value is -2.97. The van der Waals surface area contributed by atoms with Crippen LogP contribution in [0.15, 0.2) is 46.6 Å². The summed E-state index contributed by atoms with van der Waals surface area (Å²) in [6, 6.07) is 8.50. The highest BCUT2D eigenvalue weighted by molar-refractivity contribution is 6.41. The second-order valence-corrected chi connectivity index (χ2v) is 8.85. The number of rotatable bonds is 2. The maximum Gasteiger partial charge on any atom is 0.184 e. The number of benzene rings is 1. The molecule has 0 saturated heterocycles. The molecule has 2 aliphatic carbocycles. The van der Waals surface area contributed by atoms with Crippen LogP contribution in [0.3, 0.4) is 0 Å². The molecule has 5 heteroatoms. The van der Waals surface area contributed by atoms with E-state index in [9.17, 15) is 0 Å². The van der Waals surface area contributed by atoms with Crippen molar-refractivity contribution < 1.29 is 8.85 Å². The summed E-state index contributed by atoms with van der Waals surface area (Å²) in [6.07, 6.45) is 7.02. The number of hydrogen-bond donors (Lipinski definition) is 1. The van der Waals surface area contributed by atoms with Crippen LogP contribution in [0.25, 0.3) is 11.1 Å². The van der Waals surface area contributed by atoms with Gasteiger partial charge >= 0.3 is 0 Å². The molecule has 2 aromatic rings. The Morgan fingerprint density at radius 2 is 2.00 bits per heavy atom. The van der Waals surface area contributed by atoms with Crippen LogP contribution in [-0.4, -0.2) is 29.7 Å². The van der Waals surface area contributed by atoms with Crippen molar-refractivity contribution in [3.8, 4) is 23.0 Å². The summed E-state index contributed by atoms with van der Waals surface area (Å²) < 4.78 is 27.8. The number of aromatic nitrogens is 1. The number of aliphatic imine (C=N–C) groups is 2. The predicted molar refractivity (Wildman–Crippen MR) is 124 cm³/mol. The number of hydrogen-bond acceptors (Lipinski definition) is 5. The minimum absolute atomic E-state index is 0.251. The topological polar surface area (TPSA) is 72.9 Å². The lowest BCUT2D eigenvalue weighted by atomic mass is 9.65. The summed E-state index contributed by atoms with van der Waals surface area (Å²) in [5.74, 6) is 6.47. The van der Waals surface area contributed by atoms with Gasteiger partial charge in [0.2, 0.25) is 0 Å². The summed E-state index contributed by atoms with van der Waals surface area (Å²) >= 11 is 0. The van der Waals surface area contributed by atoms with Gasteiger partial charge in [-0.15, -0.1) is 5.92 Å². The lowest BCUT2D eigenvalue weighted by Gasteiger charge is -2.44. The van der Waals surface area contributed by atoms with Crippen LogP contribution in [0.4, 0.5) is 0 Å². The minimum Gasteiger partial charge on any atom is -0.382 e. The molecule has 1 aliphatic heterocycles. The summed E-state index contributed by atoms with van der Waals surface area (Å²) in [5, 5.41) is 0. The van der Waals surface area contributed by atoms with E-state index in [0.717, 1.165) is 47.2 Å². The molecule has 1 saturated carbocycles. The van der Waals surface area contributed by atoms with Crippen molar-refractivity contribution in [2.24, 2.45) is 21.1 Å². The van der Waals surface area contributed by atoms with Crippen molar-refractivity contribution in [2.45, 2.75) is 57.7 Å². The molecule has 5 rings (SSSR count). The van der Waals surface area contributed by atoms with E-state index in [1.54, 1.807) is 6.20 Å². The maximum atomic E-state index is 7.47. The number of ether oxygens (including phenoxy) is 1.